The quantitative estimate of drug-likeness (QED) is 0.164. The van der Waals surface area contributed by atoms with E-state index in [1.165, 1.54) is 121 Å². The van der Waals surface area contributed by atoms with E-state index in [9.17, 15) is 0 Å². The third kappa shape index (κ3) is 5.58. The molecule has 3 heteroatoms. The largest absolute Gasteiger partial charge is 0.310 e. The van der Waals surface area contributed by atoms with Crippen LogP contribution < -0.4 is 9.80 Å². The second-order valence-corrected chi connectivity index (χ2v) is 22.1. The topological polar surface area (TPSA) is 6.48 Å². The molecule has 0 radical (unpaired) electrons. The zero-order chi connectivity index (χ0) is 50.4. The molecule has 77 heavy (non-hydrogen) atoms. The van der Waals surface area contributed by atoms with Crippen LogP contribution in [0.1, 0.15) is 44.5 Å². The predicted molar refractivity (Wildman–Crippen MR) is 321 cm³/mol. The normalized spacial score (nSPS) is 15.4. The van der Waals surface area contributed by atoms with Gasteiger partial charge in [0.05, 0.1) is 27.9 Å². The summed E-state index contributed by atoms with van der Waals surface area (Å²) in [6, 6.07) is 105. The Hall–Kier alpha value is -9.54. The molecule has 2 nitrogen and oxygen atoms in total. The Kier molecular flexibility index (Phi) is 8.88. The highest BCUT2D eigenvalue weighted by Gasteiger charge is 2.54. The minimum absolute atomic E-state index is 0.513. The third-order valence-electron chi connectivity index (χ3n) is 17.4. The van der Waals surface area contributed by atoms with Gasteiger partial charge in [0.1, 0.15) is 0 Å². The molecule has 0 fully saturated rings. The first-order valence-electron chi connectivity index (χ1n) is 26.7. The molecule has 17 rings (SSSR count). The maximum absolute atomic E-state index is 2.62. The maximum atomic E-state index is 2.62. The van der Waals surface area contributed by atoms with Gasteiger partial charge in [0, 0.05) is 42.8 Å². The summed E-state index contributed by atoms with van der Waals surface area (Å²) in [6.07, 6.45) is 0. The summed E-state index contributed by atoms with van der Waals surface area (Å²) in [4.78, 5) is 5.11. The van der Waals surface area contributed by atoms with E-state index < -0.39 is 10.8 Å². The van der Waals surface area contributed by atoms with Crippen LogP contribution in [0.15, 0.2) is 279 Å². The lowest BCUT2D eigenvalue weighted by Crippen LogP contribution is -2.36. The van der Waals surface area contributed by atoms with Gasteiger partial charge in [-0.2, -0.15) is 0 Å². The Morgan fingerprint density at radius 1 is 0.338 bits per heavy atom. The predicted octanol–water partition coefficient (Wildman–Crippen LogP) is 19.7. The highest BCUT2D eigenvalue weighted by atomic mass is 32.1. The Morgan fingerprint density at radius 2 is 0.883 bits per heavy atom. The van der Waals surface area contributed by atoms with E-state index in [0.29, 0.717) is 0 Å². The maximum Gasteiger partial charge on any atom is 0.0755 e. The van der Waals surface area contributed by atoms with Crippen molar-refractivity contribution in [3.05, 3.63) is 324 Å². The van der Waals surface area contributed by atoms with Crippen molar-refractivity contribution in [2.45, 2.75) is 10.8 Å². The number of benzene rings is 12. The summed E-state index contributed by atoms with van der Waals surface area (Å²) < 4.78 is 2.55. The van der Waals surface area contributed by atoms with Gasteiger partial charge in [0.2, 0.25) is 0 Å². The molecule has 0 N–H and O–H groups in total. The smallest absolute Gasteiger partial charge is 0.0755 e. The average Bonchev–Trinajstić information content (AvgIpc) is 3.68. The van der Waals surface area contributed by atoms with Crippen LogP contribution in [0, 0.1) is 0 Å². The molecule has 0 saturated carbocycles. The van der Waals surface area contributed by atoms with Crippen LogP contribution in [0.25, 0.3) is 64.7 Å². The summed E-state index contributed by atoms with van der Waals surface area (Å²) in [5, 5.41) is 2.52. The lowest BCUT2D eigenvalue weighted by molar-refractivity contribution is 0.753. The standard InChI is InChI=1S/C74H46N2S/c1-4-22-47(23-5-1)58-44-51(46-64-70(58)57-32-20-39-67-72(57)73(64,48-24-6-2-7-25-48)62-36-17-18-37-65(62)76(67)49-26-8-3-9-27-49)75(66-38-21-41-69-71(66)56-31-13-19-40-68(56)77-69)50-42-43-55-54-30-12-16-35-61(54)74(63(55)45-50)59-33-14-10-28-52(59)53-29-11-15-34-60(53)74/h1-46H. The van der Waals surface area contributed by atoms with E-state index in [4.69, 9.17) is 0 Å². The van der Waals surface area contributed by atoms with Crippen molar-refractivity contribution in [3.8, 4) is 44.5 Å². The van der Waals surface area contributed by atoms with E-state index in [-0.39, 0.29) is 0 Å². The van der Waals surface area contributed by atoms with Crippen molar-refractivity contribution < 1.29 is 0 Å². The molecular formula is C74H46N2S. The van der Waals surface area contributed by atoms with Gasteiger partial charge in [0.15, 0.2) is 0 Å². The zero-order valence-corrected chi connectivity index (χ0v) is 42.7. The van der Waals surface area contributed by atoms with Gasteiger partial charge in [-0.1, -0.05) is 212 Å². The summed E-state index contributed by atoms with van der Waals surface area (Å²) in [5.41, 5.74) is 26.2. The minimum Gasteiger partial charge on any atom is -0.310 e. The highest BCUT2D eigenvalue weighted by molar-refractivity contribution is 7.26. The summed E-state index contributed by atoms with van der Waals surface area (Å²) in [5.74, 6) is 0. The Morgan fingerprint density at radius 3 is 1.61 bits per heavy atom. The Bertz CT molecular complexity index is 4530. The van der Waals surface area contributed by atoms with Gasteiger partial charge in [-0.05, 0) is 150 Å². The first-order chi connectivity index (χ1) is 38.2. The zero-order valence-electron chi connectivity index (χ0n) is 41.9. The second-order valence-electron chi connectivity index (χ2n) is 21.0. The number of hydrogen-bond acceptors (Lipinski definition) is 3. The monoisotopic (exact) mass is 994 g/mol. The first-order valence-corrected chi connectivity index (χ1v) is 27.6. The molecule has 2 heterocycles. The van der Waals surface area contributed by atoms with Crippen molar-refractivity contribution in [1.29, 1.82) is 0 Å². The minimum atomic E-state index is -0.683. The fraction of sp³-hybridized carbons (Fsp3) is 0.0270. The summed E-state index contributed by atoms with van der Waals surface area (Å²) in [6.45, 7) is 0. The summed E-state index contributed by atoms with van der Waals surface area (Å²) >= 11 is 1.88. The molecule has 1 aromatic heterocycles. The van der Waals surface area contributed by atoms with Gasteiger partial charge in [-0.15, -0.1) is 11.3 Å². The Balaban J connectivity index is 1.02. The molecule has 1 spiro atoms. The van der Waals surface area contributed by atoms with E-state index >= 15 is 0 Å². The van der Waals surface area contributed by atoms with E-state index in [2.05, 4.69) is 289 Å². The van der Waals surface area contributed by atoms with Crippen LogP contribution in [0.4, 0.5) is 34.1 Å². The average molecular weight is 995 g/mol. The SMILES string of the molecule is c1ccc(-c2cc(N(c3ccc4c(c3)C3(c5ccccc5-c5ccccc53)c3ccccc3-4)c3cccc4sc5ccccc5c34)cc3c2-c2cccc4c2C3(c2ccccc2)c2ccccc2N4c2ccccc2)cc1. The van der Waals surface area contributed by atoms with Gasteiger partial charge in [-0.3, -0.25) is 0 Å². The molecule has 12 aromatic carbocycles. The van der Waals surface area contributed by atoms with E-state index in [0.717, 1.165) is 22.7 Å². The molecule has 1 atom stereocenters. The van der Waals surface area contributed by atoms with Gasteiger partial charge >= 0.3 is 0 Å². The molecular weight excluding hydrogens is 949 g/mol. The number of nitrogens with zero attached hydrogens (tertiary/aromatic N) is 2. The molecule has 3 aliphatic carbocycles. The number of anilines is 6. The fourth-order valence-electron chi connectivity index (χ4n) is 14.6. The van der Waals surface area contributed by atoms with Crippen molar-refractivity contribution in [1.82, 2.24) is 0 Å². The third-order valence-corrected chi connectivity index (χ3v) is 18.6. The molecule has 0 bridgehead atoms. The van der Waals surface area contributed by atoms with Crippen LogP contribution in [0.2, 0.25) is 0 Å². The summed E-state index contributed by atoms with van der Waals surface area (Å²) in [7, 11) is 0. The number of para-hydroxylation sites is 2. The van der Waals surface area contributed by atoms with Crippen LogP contribution in [0.5, 0.6) is 0 Å². The molecule has 358 valence electrons. The highest BCUT2D eigenvalue weighted by Crippen LogP contribution is 2.68. The van der Waals surface area contributed by atoms with Gasteiger partial charge in [0.25, 0.3) is 0 Å². The number of rotatable bonds is 6. The second kappa shape index (κ2) is 16.0. The van der Waals surface area contributed by atoms with Gasteiger partial charge in [-0.25, -0.2) is 0 Å². The van der Waals surface area contributed by atoms with Crippen LogP contribution >= 0.6 is 11.3 Å². The molecule has 0 saturated heterocycles. The molecule has 1 unspecified atom stereocenters. The first kappa shape index (κ1) is 42.8. The molecule has 4 aliphatic rings. The lowest BCUT2D eigenvalue weighted by Gasteiger charge is -2.44. The van der Waals surface area contributed by atoms with Crippen LogP contribution in [-0.2, 0) is 10.8 Å². The van der Waals surface area contributed by atoms with Crippen molar-refractivity contribution in [2.24, 2.45) is 0 Å². The van der Waals surface area contributed by atoms with Crippen LogP contribution in [-0.4, -0.2) is 0 Å². The van der Waals surface area contributed by atoms with Gasteiger partial charge < -0.3 is 9.80 Å². The fourth-order valence-corrected chi connectivity index (χ4v) is 15.8. The van der Waals surface area contributed by atoms with E-state index in [1.807, 2.05) is 11.3 Å². The number of thiophene rings is 1. The molecule has 1 aliphatic heterocycles. The number of fused-ring (bicyclic) bond motifs is 18. The van der Waals surface area contributed by atoms with Crippen molar-refractivity contribution >= 4 is 65.6 Å². The molecule has 13 aromatic rings. The number of hydrogen-bond donors (Lipinski definition) is 0. The van der Waals surface area contributed by atoms with Crippen molar-refractivity contribution in [3.63, 3.8) is 0 Å². The van der Waals surface area contributed by atoms with Crippen molar-refractivity contribution in [2.75, 3.05) is 9.80 Å². The lowest BCUT2D eigenvalue weighted by atomic mass is 9.64. The van der Waals surface area contributed by atoms with Crippen LogP contribution in [0.3, 0.4) is 0 Å². The Labute approximate surface area is 451 Å². The molecule has 0 amide bonds. The van der Waals surface area contributed by atoms with E-state index in [1.54, 1.807) is 0 Å².